The third-order valence-electron chi connectivity index (χ3n) is 2.36. The second kappa shape index (κ2) is 9.80. The zero-order valence-corrected chi connectivity index (χ0v) is 17.1. The zero-order valence-electron chi connectivity index (χ0n) is 14.9. The summed E-state index contributed by atoms with van der Waals surface area (Å²) >= 11 is -0.200. The smallest absolute Gasteiger partial charge is 0.428 e. The monoisotopic (exact) mass is 481 g/mol. The molecular weight excluding hydrogens is 460 g/mol. The lowest BCUT2D eigenvalue weighted by Crippen LogP contribution is -3.61. The van der Waals surface area contributed by atoms with Gasteiger partial charge in [-0.3, -0.25) is 0 Å². The van der Waals surface area contributed by atoms with E-state index in [-0.39, 0.29) is 28.1 Å². The van der Waals surface area contributed by atoms with Crippen LogP contribution in [0.25, 0.3) is 0 Å². The van der Waals surface area contributed by atoms with E-state index in [0.717, 1.165) is 0 Å². The second-order valence-electron chi connectivity index (χ2n) is 6.19. The zero-order chi connectivity index (χ0) is 19.8. The molecule has 0 aliphatic carbocycles. The number of halogens is 4. The average molecular weight is 481 g/mol. The number of benzene rings is 2. The Labute approximate surface area is 161 Å². The standard InChI is InChI=1S/C17H18IO3.C2H3F3/c1-17(2,3)21-16(19)20-15-11-9-14(10-12-15)18-13-7-5-4-6-8-13;1-2(3,4)5/h4-12H,1-3H3;1H3/q+1;. The molecule has 0 heterocycles. The molecule has 142 valence electrons. The highest BCUT2D eigenvalue weighted by molar-refractivity contribution is 5.64. The molecule has 0 N–H and O–H groups in total. The van der Waals surface area contributed by atoms with E-state index in [2.05, 4.69) is 24.3 Å². The van der Waals surface area contributed by atoms with Crippen LogP contribution in [0, 0.1) is 7.14 Å². The molecule has 0 fully saturated rings. The van der Waals surface area contributed by atoms with Gasteiger partial charge in [0.15, 0.2) is 7.14 Å². The van der Waals surface area contributed by atoms with E-state index >= 15 is 0 Å². The predicted molar refractivity (Wildman–Crippen MR) is 88.9 cm³/mol. The average Bonchev–Trinajstić information content (AvgIpc) is 2.47. The maximum Gasteiger partial charge on any atom is 0.514 e. The van der Waals surface area contributed by atoms with Gasteiger partial charge in [0, 0.05) is 6.92 Å². The van der Waals surface area contributed by atoms with Crippen molar-refractivity contribution in [3.8, 4) is 5.75 Å². The van der Waals surface area contributed by atoms with Gasteiger partial charge in [0.25, 0.3) is 0 Å². The van der Waals surface area contributed by atoms with Gasteiger partial charge in [0.1, 0.15) is 11.4 Å². The van der Waals surface area contributed by atoms with Crippen LogP contribution in [-0.2, 0) is 4.74 Å². The first-order valence-electron chi connectivity index (χ1n) is 7.70. The molecule has 0 atom stereocenters. The molecule has 0 aromatic heterocycles. The molecule has 0 unspecified atom stereocenters. The van der Waals surface area contributed by atoms with Gasteiger partial charge in [-0.05, 0) is 57.2 Å². The van der Waals surface area contributed by atoms with Crippen molar-refractivity contribution < 1.29 is 48.6 Å². The summed E-state index contributed by atoms with van der Waals surface area (Å²) < 4.78 is 44.0. The molecule has 2 rings (SSSR count). The Kier molecular flexibility index (Phi) is 8.39. The number of ether oxygens (including phenoxy) is 2. The van der Waals surface area contributed by atoms with E-state index < -0.39 is 17.9 Å². The van der Waals surface area contributed by atoms with Crippen molar-refractivity contribution in [3.63, 3.8) is 0 Å². The summed E-state index contributed by atoms with van der Waals surface area (Å²) in [5, 5.41) is 0. The summed E-state index contributed by atoms with van der Waals surface area (Å²) in [4.78, 5) is 11.6. The number of rotatable bonds is 3. The number of carbonyl (C=O) groups excluding carboxylic acids is 1. The van der Waals surface area contributed by atoms with Crippen molar-refractivity contribution in [1.82, 2.24) is 0 Å². The van der Waals surface area contributed by atoms with E-state index in [1.54, 1.807) is 0 Å². The van der Waals surface area contributed by atoms with Crippen LogP contribution < -0.4 is 25.9 Å². The quantitative estimate of drug-likeness (QED) is 0.385. The van der Waals surface area contributed by atoms with Crippen molar-refractivity contribution in [2.75, 3.05) is 0 Å². The van der Waals surface area contributed by atoms with Crippen molar-refractivity contribution in [2.24, 2.45) is 0 Å². The molecular formula is C19H21F3IO3+. The third kappa shape index (κ3) is 11.7. The highest BCUT2D eigenvalue weighted by atomic mass is 127. The molecule has 2 aromatic rings. The lowest BCUT2D eigenvalue weighted by molar-refractivity contribution is -0.597. The molecule has 26 heavy (non-hydrogen) atoms. The van der Waals surface area contributed by atoms with Crippen LogP contribution in [0.4, 0.5) is 18.0 Å². The van der Waals surface area contributed by atoms with Gasteiger partial charge in [-0.2, -0.15) is 13.2 Å². The molecule has 0 aliphatic heterocycles. The Morgan fingerprint density at radius 3 is 1.77 bits per heavy atom. The van der Waals surface area contributed by atoms with Crippen LogP contribution in [0.5, 0.6) is 5.75 Å². The molecule has 2 aromatic carbocycles. The highest BCUT2D eigenvalue weighted by Crippen LogP contribution is 2.13. The topological polar surface area (TPSA) is 35.5 Å². The van der Waals surface area contributed by atoms with Crippen LogP contribution in [0.2, 0.25) is 0 Å². The summed E-state index contributed by atoms with van der Waals surface area (Å²) in [6.45, 7) is 5.61. The van der Waals surface area contributed by atoms with Crippen LogP contribution in [0.15, 0.2) is 54.6 Å². The number of alkyl halides is 3. The van der Waals surface area contributed by atoms with Crippen LogP contribution in [0.3, 0.4) is 0 Å². The first-order valence-corrected chi connectivity index (χ1v) is 9.86. The van der Waals surface area contributed by atoms with E-state index in [4.69, 9.17) is 9.47 Å². The molecule has 0 aliphatic rings. The molecule has 0 radical (unpaired) electrons. The predicted octanol–water partition coefficient (Wildman–Crippen LogP) is 2.70. The first-order chi connectivity index (χ1) is 11.9. The highest BCUT2D eigenvalue weighted by Gasteiger charge is 2.19. The van der Waals surface area contributed by atoms with Crippen molar-refractivity contribution >= 4 is 6.16 Å². The van der Waals surface area contributed by atoms with Gasteiger partial charge in [-0.15, -0.1) is 0 Å². The maximum absolute atomic E-state index is 11.6. The molecule has 0 amide bonds. The Morgan fingerprint density at radius 1 is 0.846 bits per heavy atom. The largest absolute Gasteiger partial charge is 0.514 e. The first kappa shape index (κ1) is 22.3. The minimum atomic E-state index is -4.00. The SMILES string of the molecule is CC(C)(C)OC(=O)Oc1ccc([I+]c2ccccc2)cc1.CC(F)(F)F. The van der Waals surface area contributed by atoms with E-state index in [1.165, 1.54) is 7.14 Å². The summed E-state index contributed by atoms with van der Waals surface area (Å²) in [7, 11) is 0. The third-order valence-corrected chi connectivity index (χ3v) is 5.04. The lowest BCUT2D eigenvalue weighted by Gasteiger charge is -2.18. The Morgan fingerprint density at radius 2 is 1.31 bits per heavy atom. The van der Waals surface area contributed by atoms with Gasteiger partial charge < -0.3 is 9.47 Å². The van der Waals surface area contributed by atoms with Crippen molar-refractivity contribution in [2.45, 2.75) is 39.5 Å². The normalized spacial score (nSPS) is 11.2. The fraction of sp³-hybridized carbons (Fsp3) is 0.316. The van der Waals surface area contributed by atoms with Gasteiger partial charge in [-0.25, -0.2) is 4.79 Å². The Balaban J connectivity index is 0.000000597. The summed E-state index contributed by atoms with van der Waals surface area (Å²) in [5.74, 6) is 0.505. The second-order valence-corrected chi connectivity index (χ2v) is 9.22. The minimum absolute atomic E-state index is 0.188. The number of hydrogen-bond donors (Lipinski definition) is 0. The van der Waals surface area contributed by atoms with Crippen molar-refractivity contribution in [1.29, 1.82) is 0 Å². The fourth-order valence-corrected chi connectivity index (χ4v) is 3.75. The molecule has 0 bridgehead atoms. The van der Waals surface area contributed by atoms with Crippen LogP contribution >= 0.6 is 0 Å². The molecule has 0 saturated heterocycles. The summed E-state index contributed by atoms with van der Waals surface area (Å²) in [6.07, 6.45) is -4.67. The molecule has 3 nitrogen and oxygen atoms in total. The maximum atomic E-state index is 11.6. The fourth-order valence-electron chi connectivity index (χ4n) is 1.54. The van der Waals surface area contributed by atoms with Gasteiger partial charge in [-0.1, -0.05) is 18.2 Å². The van der Waals surface area contributed by atoms with E-state index in [9.17, 15) is 18.0 Å². The molecule has 0 saturated carbocycles. The van der Waals surface area contributed by atoms with Crippen LogP contribution in [-0.4, -0.2) is 17.9 Å². The number of hydrogen-bond acceptors (Lipinski definition) is 3. The van der Waals surface area contributed by atoms with E-state index in [0.29, 0.717) is 5.75 Å². The summed E-state index contributed by atoms with van der Waals surface area (Å²) in [5.41, 5.74) is -0.546. The molecule has 0 spiro atoms. The van der Waals surface area contributed by atoms with Gasteiger partial charge >= 0.3 is 33.5 Å². The number of carbonyl (C=O) groups is 1. The summed E-state index contributed by atoms with van der Waals surface area (Å²) in [6, 6.07) is 18.0. The van der Waals surface area contributed by atoms with E-state index in [1.807, 2.05) is 51.1 Å². The Hall–Kier alpha value is -1.77. The molecule has 7 heteroatoms. The van der Waals surface area contributed by atoms with Gasteiger partial charge in [0.05, 0.1) is 0 Å². The van der Waals surface area contributed by atoms with Crippen LogP contribution in [0.1, 0.15) is 27.7 Å². The Bertz CT molecular complexity index is 672. The minimum Gasteiger partial charge on any atom is -0.428 e. The lowest BCUT2D eigenvalue weighted by atomic mass is 10.2. The van der Waals surface area contributed by atoms with Gasteiger partial charge in [0.2, 0.25) is 0 Å². The van der Waals surface area contributed by atoms with Crippen molar-refractivity contribution in [3.05, 3.63) is 61.7 Å².